The van der Waals surface area contributed by atoms with Gasteiger partial charge in [0, 0.05) is 69.0 Å². The summed E-state index contributed by atoms with van der Waals surface area (Å²) >= 11 is 6.33. The number of aromatic nitrogens is 2. The molecule has 1 aliphatic rings. The first-order valence-corrected chi connectivity index (χ1v) is 10.9. The van der Waals surface area contributed by atoms with Crippen molar-refractivity contribution in [2.45, 2.75) is 6.61 Å². The van der Waals surface area contributed by atoms with Crippen molar-refractivity contribution < 1.29 is 9.84 Å². The summed E-state index contributed by atoms with van der Waals surface area (Å²) in [6, 6.07) is 7.84. The Kier molecular flexibility index (Phi) is 6.67. The molecule has 3 heterocycles. The van der Waals surface area contributed by atoms with Crippen molar-refractivity contribution in [3.63, 3.8) is 0 Å². The highest BCUT2D eigenvalue weighted by Gasteiger charge is 2.18. The van der Waals surface area contributed by atoms with Gasteiger partial charge in [-0.3, -0.25) is 4.90 Å². The van der Waals surface area contributed by atoms with Gasteiger partial charge in [0.2, 0.25) is 0 Å². The summed E-state index contributed by atoms with van der Waals surface area (Å²) < 4.78 is 7.28. The van der Waals surface area contributed by atoms with Gasteiger partial charge in [0.15, 0.2) is 0 Å². The predicted molar refractivity (Wildman–Crippen MR) is 125 cm³/mol. The molecule has 1 aromatic carbocycles. The molecule has 4 rings (SSSR count). The summed E-state index contributed by atoms with van der Waals surface area (Å²) in [4.78, 5) is 12.0. The molecule has 0 amide bonds. The Bertz CT molecular complexity index is 1040. The number of hydrogen-bond donors (Lipinski definition) is 1. The quantitative estimate of drug-likeness (QED) is 0.606. The van der Waals surface area contributed by atoms with E-state index in [4.69, 9.17) is 21.3 Å². The van der Waals surface area contributed by atoms with Crippen LogP contribution in [0.1, 0.15) is 5.56 Å². The Hall–Kier alpha value is -2.32. The average molecular weight is 444 g/mol. The summed E-state index contributed by atoms with van der Waals surface area (Å²) in [6.07, 6.45) is 4.01. The molecule has 1 fully saturated rings. The van der Waals surface area contributed by atoms with Crippen LogP contribution >= 0.6 is 11.6 Å². The van der Waals surface area contributed by atoms with Gasteiger partial charge in [0.25, 0.3) is 0 Å². The van der Waals surface area contributed by atoms with Gasteiger partial charge in [0.1, 0.15) is 11.4 Å². The molecule has 1 N–H and O–H groups in total. The number of anilines is 1. The summed E-state index contributed by atoms with van der Waals surface area (Å²) in [6.45, 7) is 6.26. The molecule has 0 unspecified atom stereocenters. The minimum absolute atomic E-state index is 0.111. The van der Waals surface area contributed by atoms with E-state index in [9.17, 15) is 5.11 Å². The lowest BCUT2D eigenvalue weighted by molar-refractivity contribution is 0.229. The van der Waals surface area contributed by atoms with E-state index in [1.807, 2.05) is 22.9 Å². The number of pyridine rings is 1. The number of halogens is 1. The molecule has 7 nitrogen and oxygen atoms in total. The van der Waals surface area contributed by atoms with Crippen LogP contribution in [0.15, 0.2) is 36.7 Å². The third-order valence-electron chi connectivity index (χ3n) is 5.87. The van der Waals surface area contributed by atoms with Gasteiger partial charge in [-0.2, -0.15) is 0 Å². The van der Waals surface area contributed by atoms with Crippen molar-refractivity contribution in [1.29, 1.82) is 0 Å². The maximum atomic E-state index is 9.82. The lowest BCUT2D eigenvalue weighted by Gasteiger charge is -2.36. The summed E-state index contributed by atoms with van der Waals surface area (Å²) in [5.74, 6) is 0.547. The van der Waals surface area contributed by atoms with E-state index in [0.717, 1.165) is 61.7 Å². The highest BCUT2D eigenvalue weighted by molar-refractivity contribution is 6.32. The Morgan fingerprint density at radius 3 is 2.61 bits per heavy atom. The van der Waals surface area contributed by atoms with Crippen LogP contribution in [0.2, 0.25) is 5.02 Å². The fourth-order valence-corrected chi connectivity index (χ4v) is 4.23. The van der Waals surface area contributed by atoms with E-state index in [-0.39, 0.29) is 6.61 Å². The van der Waals surface area contributed by atoms with Crippen molar-refractivity contribution in [3.8, 4) is 17.0 Å². The monoisotopic (exact) mass is 443 g/mol. The molecule has 8 heteroatoms. The Morgan fingerprint density at radius 2 is 1.94 bits per heavy atom. The molecule has 0 aliphatic carbocycles. The molecule has 1 saturated heterocycles. The zero-order valence-corrected chi connectivity index (χ0v) is 19.1. The molecular formula is C23H30ClN5O2. The molecule has 0 spiro atoms. The largest absolute Gasteiger partial charge is 0.495 e. The number of fused-ring (bicyclic) bond motifs is 1. The van der Waals surface area contributed by atoms with E-state index >= 15 is 0 Å². The van der Waals surface area contributed by atoms with Crippen molar-refractivity contribution in [2.24, 2.45) is 0 Å². The molecule has 0 saturated carbocycles. The van der Waals surface area contributed by atoms with Gasteiger partial charge in [-0.15, -0.1) is 0 Å². The van der Waals surface area contributed by atoms with Crippen LogP contribution in [-0.2, 0) is 6.61 Å². The second kappa shape index (κ2) is 9.44. The van der Waals surface area contributed by atoms with Gasteiger partial charge in [-0.25, -0.2) is 4.98 Å². The number of piperazine rings is 1. The number of hydrogen-bond acceptors (Lipinski definition) is 6. The fraction of sp³-hybridized carbons (Fsp3) is 0.435. The highest BCUT2D eigenvalue weighted by atomic mass is 35.5. The van der Waals surface area contributed by atoms with E-state index in [2.05, 4.69) is 40.9 Å². The zero-order valence-electron chi connectivity index (χ0n) is 18.4. The Labute approximate surface area is 188 Å². The number of aliphatic hydroxyl groups is 1. The lowest BCUT2D eigenvalue weighted by atomic mass is 10.1. The lowest BCUT2D eigenvalue weighted by Crippen LogP contribution is -2.48. The van der Waals surface area contributed by atoms with E-state index < -0.39 is 0 Å². The van der Waals surface area contributed by atoms with Crippen LogP contribution in [0.4, 0.5) is 5.69 Å². The molecule has 1 aliphatic heterocycles. The van der Waals surface area contributed by atoms with Crippen LogP contribution < -0.4 is 9.64 Å². The summed E-state index contributed by atoms with van der Waals surface area (Å²) in [5, 5.41) is 10.3. The standard InChI is InChI=1S/C23H30ClN5O2/c1-26(2)6-7-27-8-10-28(11-9-27)18-4-5-29-15-21(25-23(29)13-18)19-14-20(24)22(31-3)12-17(19)16-30/h4-5,12-15,30H,6-11,16H2,1-3H3. The molecular weight excluding hydrogens is 414 g/mol. The third-order valence-corrected chi connectivity index (χ3v) is 6.16. The summed E-state index contributed by atoms with van der Waals surface area (Å²) in [7, 11) is 5.80. The molecule has 0 radical (unpaired) electrons. The molecule has 0 bridgehead atoms. The number of rotatable bonds is 7. The normalized spacial score (nSPS) is 15.2. The molecule has 0 atom stereocenters. The van der Waals surface area contributed by atoms with E-state index in [1.165, 1.54) is 5.69 Å². The number of aliphatic hydroxyl groups excluding tert-OH is 1. The van der Waals surface area contributed by atoms with Gasteiger partial charge in [0.05, 0.1) is 24.4 Å². The maximum absolute atomic E-state index is 9.82. The number of methoxy groups -OCH3 is 1. The topological polar surface area (TPSA) is 56.5 Å². The zero-order chi connectivity index (χ0) is 22.0. The van der Waals surface area contributed by atoms with Crippen LogP contribution in [0.5, 0.6) is 5.75 Å². The second-order valence-electron chi connectivity index (χ2n) is 8.21. The highest BCUT2D eigenvalue weighted by Crippen LogP contribution is 2.34. The Morgan fingerprint density at radius 1 is 1.16 bits per heavy atom. The van der Waals surface area contributed by atoms with Crippen molar-refractivity contribution in [3.05, 3.63) is 47.2 Å². The van der Waals surface area contributed by atoms with Gasteiger partial charge in [-0.05, 0) is 37.9 Å². The molecule has 166 valence electrons. The number of imidazole rings is 1. The molecule has 31 heavy (non-hydrogen) atoms. The van der Waals surface area contributed by atoms with Crippen molar-refractivity contribution in [2.75, 3.05) is 65.4 Å². The minimum Gasteiger partial charge on any atom is -0.495 e. The van der Waals surface area contributed by atoms with Crippen molar-refractivity contribution in [1.82, 2.24) is 19.2 Å². The first-order valence-electron chi connectivity index (χ1n) is 10.6. The smallest absolute Gasteiger partial charge is 0.139 e. The summed E-state index contributed by atoms with van der Waals surface area (Å²) in [5.41, 5.74) is 4.39. The van der Waals surface area contributed by atoms with Gasteiger partial charge >= 0.3 is 0 Å². The second-order valence-corrected chi connectivity index (χ2v) is 8.62. The SMILES string of the molecule is COc1cc(CO)c(-c2cn3ccc(N4CCN(CCN(C)C)CC4)cc3n2)cc1Cl. The van der Waals surface area contributed by atoms with Crippen LogP contribution in [-0.4, -0.2) is 84.8 Å². The first-order chi connectivity index (χ1) is 15.0. The first kappa shape index (κ1) is 21.9. The third kappa shape index (κ3) is 4.80. The molecule has 3 aromatic rings. The fourth-order valence-electron chi connectivity index (χ4n) is 3.99. The Balaban J connectivity index is 1.54. The van der Waals surface area contributed by atoms with Crippen LogP contribution in [0.25, 0.3) is 16.9 Å². The molecule has 2 aromatic heterocycles. The van der Waals surface area contributed by atoms with Gasteiger partial charge in [-0.1, -0.05) is 11.6 Å². The number of ether oxygens (including phenoxy) is 1. The van der Waals surface area contributed by atoms with Crippen molar-refractivity contribution >= 4 is 22.9 Å². The predicted octanol–water partition coefficient (Wildman–Crippen LogP) is 2.84. The maximum Gasteiger partial charge on any atom is 0.139 e. The van der Waals surface area contributed by atoms with E-state index in [1.54, 1.807) is 13.2 Å². The average Bonchev–Trinajstić information content (AvgIpc) is 3.21. The number of benzene rings is 1. The van der Waals surface area contributed by atoms with Crippen LogP contribution in [0, 0.1) is 0 Å². The van der Waals surface area contributed by atoms with Gasteiger partial charge < -0.3 is 24.0 Å². The number of likely N-dealkylation sites (N-methyl/N-ethyl adjacent to an activating group) is 1. The van der Waals surface area contributed by atoms with Crippen LogP contribution in [0.3, 0.4) is 0 Å². The minimum atomic E-state index is -0.111. The van der Waals surface area contributed by atoms with E-state index in [0.29, 0.717) is 10.8 Å². The number of nitrogens with zero attached hydrogens (tertiary/aromatic N) is 5.